The fraction of sp³-hybridized carbons (Fsp3) is 0.312. The first-order chi connectivity index (χ1) is 11.5. The molecule has 0 aliphatic heterocycles. The number of fused-ring (bicyclic) bond motifs is 1. The maximum atomic E-state index is 12.7. The van der Waals surface area contributed by atoms with Crippen molar-refractivity contribution in [2.45, 2.75) is 31.5 Å². The highest BCUT2D eigenvalue weighted by molar-refractivity contribution is 5.85. The van der Waals surface area contributed by atoms with Crippen LogP contribution in [0.2, 0.25) is 0 Å². The normalized spacial score (nSPS) is 14.4. The second-order valence-corrected chi connectivity index (χ2v) is 5.92. The van der Waals surface area contributed by atoms with Crippen molar-refractivity contribution in [1.82, 2.24) is 19.9 Å². The summed E-state index contributed by atoms with van der Waals surface area (Å²) in [5.41, 5.74) is 1.24. The number of aromatic amines is 1. The summed E-state index contributed by atoms with van der Waals surface area (Å²) in [6.07, 6.45) is 0.992. The molecule has 1 aliphatic carbocycles. The number of nitrogens with zero attached hydrogens (tertiary/aromatic N) is 3. The first kappa shape index (κ1) is 17.5. The van der Waals surface area contributed by atoms with Gasteiger partial charge in [0.25, 0.3) is 0 Å². The van der Waals surface area contributed by atoms with Gasteiger partial charge < -0.3 is 10.3 Å². The molecule has 0 amide bonds. The highest BCUT2D eigenvalue weighted by Gasteiger charge is 2.32. The first-order valence-electron chi connectivity index (χ1n) is 7.60. The van der Waals surface area contributed by atoms with Crippen molar-refractivity contribution in [3.8, 4) is 0 Å². The van der Waals surface area contributed by atoms with E-state index >= 15 is 0 Å². The molecule has 0 aromatic carbocycles. The zero-order valence-electron chi connectivity index (χ0n) is 13.0. The predicted molar refractivity (Wildman–Crippen MR) is 89.7 cm³/mol. The number of hydrogen-bond acceptors (Lipinski definition) is 4. The Kier molecular flexibility index (Phi) is 4.55. The van der Waals surface area contributed by atoms with Gasteiger partial charge in [-0.1, -0.05) is 0 Å². The molecule has 3 heterocycles. The van der Waals surface area contributed by atoms with E-state index < -0.39 is 11.9 Å². The third kappa shape index (κ3) is 3.84. The van der Waals surface area contributed by atoms with Gasteiger partial charge in [0.05, 0.1) is 0 Å². The number of anilines is 1. The van der Waals surface area contributed by atoms with Gasteiger partial charge in [0, 0.05) is 35.8 Å². The number of pyridine rings is 1. The average Bonchev–Trinajstić information content (AvgIpc) is 3.31. The molecule has 3 aromatic rings. The summed E-state index contributed by atoms with van der Waals surface area (Å²) >= 11 is 0. The van der Waals surface area contributed by atoms with E-state index in [4.69, 9.17) is 0 Å². The van der Waals surface area contributed by atoms with Crippen LogP contribution in [0.5, 0.6) is 0 Å². The largest absolute Gasteiger partial charge is 0.431 e. The number of hydrogen-bond donors (Lipinski definition) is 2. The van der Waals surface area contributed by atoms with E-state index in [-0.39, 0.29) is 18.1 Å². The monoisotopic (exact) mass is 369 g/mol. The molecular formula is C16H15ClF3N5. The van der Waals surface area contributed by atoms with Gasteiger partial charge >= 0.3 is 6.18 Å². The quantitative estimate of drug-likeness (QED) is 0.720. The molecule has 1 saturated carbocycles. The Labute approximate surface area is 147 Å². The van der Waals surface area contributed by atoms with Crippen LogP contribution in [-0.2, 0) is 12.7 Å². The highest BCUT2D eigenvalue weighted by atomic mass is 35.5. The SMILES string of the molecule is Cl.FC(F)(F)c1cc2cc(CNc3cc(C4CC4)ncn3)cnc2[nH]1. The summed E-state index contributed by atoms with van der Waals surface area (Å²) in [5, 5.41) is 3.60. The lowest BCUT2D eigenvalue weighted by atomic mass is 10.2. The van der Waals surface area contributed by atoms with Crippen molar-refractivity contribution in [1.29, 1.82) is 0 Å². The molecule has 2 N–H and O–H groups in total. The zero-order valence-corrected chi connectivity index (χ0v) is 13.8. The van der Waals surface area contributed by atoms with Crippen molar-refractivity contribution in [3.63, 3.8) is 0 Å². The van der Waals surface area contributed by atoms with Crippen LogP contribution in [0.25, 0.3) is 11.0 Å². The summed E-state index contributed by atoms with van der Waals surface area (Å²) in [6, 6.07) is 4.67. The molecule has 1 aliphatic rings. The molecule has 5 nitrogen and oxygen atoms in total. The van der Waals surface area contributed by atoms with E-state index in [1.54, 1.807) is 12.3 Å². The molecule has 132 valence electrons. The van der Waals surface area contributed by atoms with E-state index in [1.165, 1.54) is 6.33 Å². The van der Waals surface area contributed by atoms with Gasteiger partial charge in [-0.05, 0) is 30.5 Å². The molecule has 0 spiro atoms. The number of alkyl halides is 3. The van der Waals surface area contributed by atoms with Crippen molar-refractivity contribution in [3.05, 3.63) is 47.7 Å². The van der Waals surface area contributed by atoms with E-state index in [0.29, 0.717) is 23.7 Å². The Balaban J connectivity index is 0.00000182. The fourth-order valence-corrected chi connectivity index (χ4v) is 2.57. The summed E-state index contributed by atoms with van der Waals surface area (Å²) in [6.45, 7) is 0.427. The smallest absolute Gasteiger partial charge is 0.366 e. The maximum Gasteiger partial charge on any atom is 0.431 e. The van der Waals surface area contributed by atoms with Crippen LogP contribution in [0, 0.1) is 0 Å². The number of H-pyrrole nitrogens is 1. The molecule has 0 saturated heterocycles. The minimum atomic E-state index is -4.40. The van der Waals surface area contributed by atoms with E-state index in [1.807, 2.05) is 6.07 Å². The summed E-state index contributed by atoms with van der Waals surface area (Å²) in [4.78, 5) is 14.8. The minimum Gasteiger partial charge on any atom is -0.366 e. The Morgan fingerprint density at radius 1 is 1.12 bits per heavy atom. The third-order valence-electron chi connectivity index (χ3n) is 3.99. The topological polar surface area (TPSA) is 66.5 Å². The lowest BCUT2D eigenvalue weighted by Gasteiger charge is -2.06. The fourth-order valence-electron chi connectivity index (χ4n) is 2.57. The van der Waals surface area contributed by atoms with Gasteiger partial charge in [0.1, 0.15) is 23.5 Å². The molecule has 0 atom stereocenters. The lowest BCUT2D eigenvalue weighted by molar-refractivity contribution is -0.140. The van der Waals surface area contributed by atoms with Gasteiger partial charge in [-0.2, -0.15) is 13.2 Å². The second-order valence-electron chi connectivity index (χ2n) is 5.92. The van der Waals surface area contributed by atoms with Gasteiger partial charge in [-0.15, -0.1) is 12.4 Å². The molecule has 1 fully saturated rings. The molecule has 0 radical (unpaired) electrons. The van der Waals surface area contributed by atoms with Crippen LogP contribution in [0.1, 0.15) is 35.7 Å². The van der Waals surface area contributed by atoms with Crippen LogP contribution in [0.15, 0.2) is 30.7 Å². The molecule has 0 bridgehead atoms. The number of aromatic nitrogens is 4. The Bertz CT molecular complexity index is 889. The third-order valence-corrected chi connectivity index (χ3v) is 3.99. The summed E-state index contributed by atoms with van der Waals surface area (Å²) in [7, 11) is 0. The van der Waals surface area contributed by atoms with Crippen LogP contribution in [0.4, 0.5) is 19.0 Å². The molecule has 25 heavy (non-hydrogen) atoms. The van der Waals surface area contributed by atoms with Crippen molar-refractivity contribution in [2.24, 2.45) is 0 Å². The van der Waals surface area contributed by atoms with Gasteiger partial charge in [-0.25, -0.2) is 15.0 Å². The average molecular weight is 370 g/mol. The minimum absolute atomic E-state index is 0. The number of nitrogens with one attached hydrogen (secondary N) is 2. The highest BCUT2D eigenvalue weighted by Crippen LogP contribution is 2.39. The van der Waals surface area contributed by atoms with Crippen molar-refractivity contribution >= 4 is 29.3 Å². The van der Waals surface area contributed by atoms with E-state index in [2.05, 4.69) is 25.3 Å². The second kappa shape index (κ2) is 6.51. The molecule has 0 unspecified atom stereocenters. The predicted octanol–water partition coefficient (Wildman–Crippen LogP) is 4.28. The number of halogens is 4. The Morgan fingerprint density at radius 3 is 2.64 bits per heavy atom. The standard InChI is InChI=1S/C16H14F3N5.ClH/c17-16(18,19)13-4-11-3-9(7-21-15(11)24-13)6-20-14-5-12(10-1-2-10)22-8-23-14;/h3-5,7-8,10H,1-2,6H2,(H,21,24)(H,20,22,23);1H. The molecule has 3 aromatic heterocycles. The maximum absolute atomic E-state index is 12.7. The summed E-state index contributed by atoms with van der Waals surface area (Å²) < 4.78 is 38.2. The number of rotatable bonds is 4. The van der Waals surface area contributed by atoms with Crippen LogP contribution in [0.3, 0.4) is 0 Å². The van der Waals surface area contributed by atoms with Crippen LogP contribution in [-0.4, -0.2) is 19.9 Å². The van der Waals surface area contributed by atoms with Crippen molar-refractivity contribution in [2.75, 3.05) is 5.32 Å². The van der Waals surface area contributed by atoms with Gasteiger partial charge in [-0.3, -0.25) is 0 Å². The first-order valence-corrected chi connectivity index (χ1v) is 7.60. The lowest BCUT2D eigenvalue weighted by Crippen LogP contribution is -2.04. The van der Waals surface area contributed by atoms with Gasteiger partial charge in [0.15, 0.2) is 0 Å². The Morgan fingerprint density at radius 2 is 1.92 bits per heavy atom. The molecule has 9 heteroatoms. The molecular weight excluding hydrogens is 355 g/mol. The summed E-state index contributed by atoms with van der Waals surface area (Å²) in [5.74, 6) is 1.24. The van der Waals surface area contributed by atoms with E-state index in [0.717, 1.165) is 30.2 Å². The Hall–Kier alpha value is -2.35. The van der Waals surface area contributed by atoms with Crippen LogP contribution < -0.4 is 5.32 Å². The van der Waals surface area contributed by atoms with Crippen LogP contribution >= 0.6 is 12.4 Å². The van der Waals surface area contributed by atoms with Crippen molar-refractivity contribution < 1.29 is 13.2 Å². The zero-order chi connectivity index (χ0) is 16.7. The molecule has 4 rings (SSSR count). The van der Waals surface area contributed by atoms with Gasteiger partial charge in [0.2, 0.25) is 0 Å². The van der Waals surface area contributed by atoms with E-state index in [9.17, 15) is 13.2 Å².